The second-order valence-electron chi connectivity index (χ2n) is 11.3. The van der Waals surface area contributed by atoms with Crippen LogP contribution in [0.15, 0.2) is 48.5 Å². The molecule has 2 fully saturated rings. The van der Waals surface area contributed by atoms with E-state index in [0.29, 0.717) is 25.0 Å². The molecule has 5 nitrogen and oxygen atoms in total. The molecule has 0 radical (unpaired) electrons. The van der Waals surface area contributed by atoms with E-state index in [1.54, 1.807) is 7.11 Å². The summed E-state index contributed by atoms with van der Waals surface area (Å²) in [5.41, 5.74) is 2.28. The number of benzene rings is 2. The van der Waals surface area contributed by atoms with Gasteiger partial charge in [0.25, 0.3) is 0 Å². The predicted octanol–water partition coefficient (Wildman–Crippen LogP) is 4.76. The number of carbonyl (C=O) groups is 1. The number of rotatable bonds is 3. The molecule has 1 spiro atoms. The van der Waals surface area contributed by atoms with E-state index in [1.165, 1.54) is 5.56 Å². The molecule has 2 aromatic carbocycles. The molecule has 2 saturated heterocycles. The molecule has 0 bridgehead atoms. The highest BCUT2D eigenvalue weighted by atomic mass is 16.5. The first-order valence-electron chi connectivity index (χ1n) is 12.7. The van der Waals surface area contributed by atoms with Crippen molar-refractivity contribution in [3.8, 4) is 11.5 Å². The van der Waals surface area contributed by atoms with Gasteiger partial charge in [0.05, 0.1) is 19.6 Å². The van der Waals surface area contributed by atoms with Crippen molar-refractivity contribution in [2.24, 2.45) is 11.3 Å². The highest BCUT2D eigenvalue weighted by Gasteiger charge is 2.53. The van der Waals surface area contributed by atoms with Crippen molar-refractivity contribution in [3.63, 3.8) is 0 Å². The van der Waals surface area contributed by atoms with Gasteiger partial charge in [-0.05, 0) is 42.2 Å². The van der Waals surface area contributed by atoms with Crippen molar-refractivity contribution in [2.75, 3.05) is 33.4 Å². The van der Waals surface area contributed by atoms with Gasteiger partial charge in [0.15, 0.2) is 11.5 Å². The Bertz CT molecular complexity index is 1030. The van der Waals surface area contributed by atoms with Crippen LogP contribution in [0.4, 0.5) is 0 Å². The lowest BCUT2D eigenvalue weighted by Crippen LogP contribution is -2.56. The normalized spacial score (nSPS) is 28.9. The maximum absolute atomic E-state index is 14.4. The molecule has 5 heteroatoms. The van der Waals surface area contributed by atoms with Gasteiger partial charge in [-0.15, -0.1) is 0 Å². The highest BCUT2D eigenvalue weighted by molar-refractivity contribution is 5.83. The lowest BCUT2D eigenvalue weighted by atomic mass is 9.67. The van der Waals surface area contributed by atoms with E-state index in [2.05, 4.69) is 67.4 Å². The molecular formula is C29H38N2O3. The fourth-order valence-corrected chi connectivity index (χ4v) is 6.59. The lowest BCUT2D eigenvalue weighted by Gasteiger charge is -2.49. The summed E-state index contributed by atoms with van der Waals surface area (Å²) in [5.74, 6) is 2.27. The van der Waals surface area contributed by atoms with Crippen molar-refractivity contribution in [1.29, 1.82) is 0 Å². The summed E-state index contributed by atoms with van der Waals surface area (Å²) in [4.78, 5) is 16.6. The maximum Gasteiger partial charge on any atom is 0.228 e. The van der Waals surface area contributed by atoms with Crippen LogP contribution in [0.1, 0.15) is 57.1 Å². The maximum atomic E-state index is 14.4. The summed E-state index contributed by atoms with van der Waals surface area (Å²) < 4.78 is 11.7. The summed E-state index contributed by atoms with van der Waals surface area (Å²) in [6, 6.07) is 17.1. The van der Waals surface area contributed by atoms with Gasteiger partial charge in [-0.3, -0.25) is 4.79 Å². The van der Waals surface area contributed by atoms with Crippen LogP contribution in [0.25, 0.3) is 0 Å². The molecular weight excluding hydrogens is 424 g/mol. The standard InChI is InChI=1S/C29H38N2O3/c1-28(2,3)25-17-21(20-9-6-5-7-10-20)13-15-31(25)27(32)23-18-30-19-29(23)14-16-34-26-22(29)11-8-12-24(26)33-4/h5-12,21,23,25,30H,13-19H2,1-4H3. The molecule has 0 aliphatic carbocycles. The molecule has 182 valence electrons. The van der Waals surface area contributed by atoms with E-state index >= 15 is 0 Å². The Hall–Kier alpha value is -2.53. The first-order chi connectivity index (χ1) is 16.3. The number of carbonyl (C=O) groups excluding carboxylic acids is 1. The lowest BCUT2D eigenvalue weighted by molar-refractivity contribution is -0.144. The third-order valence-electron chi connectivity index (χ3n) is 8.44. The van der Waals surface area contributed by atoms with Crippen LogP contribution in [0.5, 0.6) is 11.5 Å². The van der Waals surface area contributed by atoms with E-state index in [0.717, 1.165) is 49.4 Å². The van der Waals surface area contributed by atoms with Crippen molar-refractivity contribution in [3.05, 3.63) is 59.7 Å². The number of fused-ring (bicyclic) bond motifs is 2. The van der Waals surface area contributed by atoms with Crippen LogP contribution in [0.2, 0.25) is 0 Å². The van der Waals surface area contributed by atoms with Gasteiger partial charge in [0.1, 0.15) is 0 Å². The number of nitrogens with zero attached hydrogens (tertiary/aromatic N) is 1. The monoisotopic (exact) mass is 462 g/mol. The summed E-state index contributed by atoms with van der Waals surface area (Å²) in [6.07, 6.45) is 2.88. The van der Waals surface area contributed by atoms with E-state index in [-0.39, 0.29) is 22.8 Å². The number of hydrogen-bond acceptors (Lipinski definition) is 4. The summed E-state index contributed by atoms with van der Waals surface area (Å²) in [7, 11) is 1.68. The number of likely N-dealkylation sites (tertiary alicyclic amines) is 1. The van der Waals surface area contributed by atoms with Crippen LogP contribution < -0.4 is 14.8 Å². The number of nitrogens with one attached hydrogen (secondary N) is 1. The van der Waals surface area contributed by atoms with Crippen LogP contribution >= 0.6 is 0 Å². The number of piperidine rings is 1. The largest absolute Gasteiger partial charge is 0.493 e. The zero-order chi connectivity index (χ0) is 23.9. The minimum atomic E-state index is -0.252. The van der Waals surface area contributed by atoms with Crippen LogP contribution in [-0.4, -0.2) is 50.2 Å². The Balaban J connectivity index is 1.46. The van der Waals surface area contributed by atoms with E-state index < -0.39 is 0 Å². The molecule has 3 aliphatic rings. The van der Waals surface area contributed by atoms with Crippen molar-refractivity contribution >= 4 is 5.91 Å². The second-order valence-corrected chi connectivity index (χ2v) is 11.3. The van der Waals surface area contributed by atoms with Gasteiger partial charge in [0, 0.05) is 36.7 Å². The minimum Gasteiger partial charge on any atom is -0.493 e. The molecule has 3 heterocycles. The molecule has 1 N–H and O–H groups in total. The predicted molar refractivity (Wildman–Crippen MR) is 135 cm³/mol. The van der Waals surface area contributed by atoms with Crippen LogP contribution in [-0.2, 0) is 10.2 Å². The molecule has 4 atom stereocenters. The Morgan fingerprint density at radius 2 is 1.94 bits per heavy atom. The Morgan fingerprint density at radius 3 is 2.68 bits per heavy atom. The average molecular weight is 463 g/mol. The smallest absolute Gasteiger partial charge is 0.228 e. The first kappa shape index (κ1) is 23.2. The SMILES string of the molecule is COc1cccc2c1OCCC21CNCC1C(=O)N1CCC(c2ccccc2)CC1C(C)(C)C. The number of ether oxygens (including phenoxy) is 2. The summed E-state index contributed by atoms with van der Waals surface area (Å²) in [6.45, 7) is 9.78. The zero-order valence-electron chi connectivity index (χ0n) is 21.0. The van der Waals surface area contributed by atoms with E-state index in [9.17, 15) is 4.79 Å². The number of methoxy groups -OCH3 is 1. The molecule has 2 aromatic rings. The Labute approximate surface area is 203 Å². The van der Waals surface area contributed by atoms with E-state index in [4.69, 9.17) is 9.47 Å². The number of amides is 1. The molecule has 0 saturated carbocycles. The van der Waals surface area contributed by atoms with Gasteiger partial charge in [0.2, 0.25) is 5.91 Å². The Morgan fingerprint density at radius 1 is 1.15 bits per heavy atom. The van der Waals surface area contributed by atoms with Gasteiger partial charge in [-0.2, -0.15) is 0 Å². The number of hydrogen-bond donors (Lipinski definition) is 1. The number of para-hydroxylation sites is 1. The van der Waals surface area contributed by atoms with Gasteiger partial charge >= 0.3 is 0 Å². The van der Waals surface area contributed by atoms with Gasteiger partial charge < -0.3 is 19.7 Å². The van der Waals surface area contributed by atoms with Gasteiger partial charge in [-0.1, -0.05) is 63.2 Å². The topological polar surface area (TPSA) is 50.8 Å². The minimum absolute atomic E-state index is 0.0130. The van der Waals surface area contributed by atoms with Crippen molar-refractivity contribution in [2.45, 2.75) is 57.4 Å². The molecule has 34 heavy (non-hydrogen) atoms. The van der Waals surface area contributed by atoms with E-state index in [1.807, 2.05) is 12.1 Å². The molecule has 4 unspecified atom stereocenters. The summed E-state index contributed by atoms with van der Waals surface area (Å²) >= 11 is 0. The third kappa shape index (κ3) is 3.88. The van der Waals surface area contributed by atoms with Crippen molar-refractivity contribution < 1.29 is 14.3 Å². The molecule has 3 aliphatic heterocycles. The zero-order valence-corrected chi connectivity index (χ0v) is 21.0. The fraction of sp³-hybridized carbons (Fsp3) is 0.552. The first-order valence-corrected chi connectivity index (χ1v) is 12.7. The second kappa shape index (κ2) is 8.92. The molecule has 1 amide bonds. The quantitative estimate of drug-likeness (QED) is 0.715. The summed E-state index contributed by atoms with van der Waals surface area (Å²) in [5, 5.41) is 3.58. The van der Waals surface area contributed by atoms with Gasteiger partial charge in [-0.25, -0.2) is 0 Å². The molecule has 0 aromatic heterocycles. The molecule has 5 rings (SSSR count). The third-order valence-corrected chi connectivity index (χ3v) is 8.44. The average Bonchev–Trinajstić information content (AvgIpc) is 3.27. The fourth-order valence-electron chi connectivity index (χ4n) is 6.59. The van der Waals surface area contributed by atoms with Crippen LogP contribution in [0, 0.1) is 11.3 Å². The van der Waals surface area contributed by atoms with Crippen LogP contribution in [0.3, 0.4) is 0 Å². The Kier molecular flexibility index (Phi) is 6.09. The highest BCUT2D eigenvalue weighted by Crippen LogP contribution is 2.50. The van der Waals surface area contributed by atoms with Crippen molar-refractivity contribution in [1.82, 2.24) is 10.2 Å².